The lowest BCUT2D eigenvalue weighted by Gasteiger charge is -2.30. The minimum absolute atomic E-state index is 0.146. The maximum absolute atomic E-state index is 12.3. The second-order valence-electron chi connectivity index (χ2n) is 5.85. The lowest BCUT2D eigenvalue weighted by Crippen LogP contribution is -2.44. The van der Waals surface area contributed by atoms with Crippen LogP contribution in [0.1, 0.15) is 35.2 Å². The Morgan fingerprint density at radius 3 is 2.86 bits per heavy atom. The monoisotopic (exact) mass is 302 g/mol. The van der Waals surface area contributed by atoms with Crippen molar-refractivity contribution < 1.29 is 19.5 Å². The van der Waals surface area contributed by atoms with E-state index >= 15 is 0 Å². The first-order chi connectivity index (χ1) is 10.5. The molecule has 6 nitrogen and oxygen atoms in total. The van der Waals surface area contributed by atoms with Gasteiger partial charge in [-0.2, -0.15) is 0 Å². The molecule has 1 fully saturated rings. The number of ketones is 1. The number of carbonyl (C=O) groups excluding carboxylic acids is 2. The van der Waals surface area contributed by atoms with Crippen LogP contribution in [0, 0.1) is 5.92 Å². The maximum Gasteiger partial charge on any atom is 0.321 e. The van der Waals surface area contributed by atoms with Gasteiger partial charge in [-0.15, -0.1) is 0 Å². The van der Waals surface area contributed by atoms with Gasteiger partial charge in [0.1, 0.15) is 0 Å². The Balaban J connectivity index is 1.67. The third-order valence-corrected chi connectivity index (χ3v) is 4.34. The number of benzene rings is 1. The molecule has 0 spiro atoms. The normalized spacial score (nSPS) is 20.6. The van der Waals surface area contributed by atoms with Crippen molar-refractivity contribution in [3.05, 3.63) is 29.3 Å². The molecule has 6 heteroatoms. The van der Waals surface area contributed by atoms with Crippen LogP contribution in [-0.4, -0.2) is 40.9 Å². The summed E-state index contributed by atoms with van der Waals surface area (Å²) in [7, 11) is 0. The molecule has 22 heavy (non-hydrogen) atoms. The van der Waals surface area contributed by atoms with Crippen LogP contribution in [-0.2, 0) is 11.2 Å². The van der Waals surface area contributed by atoms with Gasteiger partial charge in [-0.1, -0.05) is 0 Å². The van der Waals surface area contributed by atoms with E-state index in [9.17, 15) is 14.4 Å². The van der Waals surface area contributed by atoms with Gasteiger partial charge in [-0.05, 0) is 43.0 Å². The standard InChI is InChI=1S/C16H18N2O4/c19-14-6-3-10-8-12(4-5-13(10)14)17-16(22)18-7-1-2-11(9-18)15(20)21/h4-5,8,11H,1-3,6-7,9H2,(H,17,22)(H,20,21). The van der Waals surface area contributed by atoms with Gasteiger partial charge in [-0.25, -0.2) is 4.79 Å². The Bertz CT molecular complexity index is 641. The molecular formula is C16H18N2O4. The summed E-state index contributed by atoms with van der Waals surface area (Å²) >= 11 is 0. The first kappa shape index (κ1) is 14.6. The van der Waals surface area contributed by atoms with E-state index in [4.69, 9.17) is 5.11 Å². The predicted molar refractivity (Wildman–Crippen MR) is 80.0 cm³/mol. The first-order valence-electron chi connectivity index (χ1n) is 7.49. The van der Waals surface area contributed by atoms with Crippen molar-refractivity contribution in [1.29, 1.82) is 0 Å². The number of fused-ring (bicyclic) bond motifs is 1. The van der Waals surface area contributed by atoms with Crippen molar-refractivity contribution in [3.8, 4) is 0 Å². The van der Waals surface area contributed by atoms with Crippen molar-refractivity contribution in [2.24, 2.45) is 5.92 Å². The highest BCUT2D eigenvalue weighted by atomic mass is 16.4. The number of piperidine rings is 1. The highest BCUT2D eigenvalue weighted by Gasteiger charge is 2.28. The van der Waals surface area contributed by atoms with E-state index in [1.165, 1.54) is 0 Å². The van der Waals surface area contributed by atoms with Crippen molar-refractivity contribution in [1.82, 2.24) is 4.90 Å². The summed E-state index contributed by atoms with van der Waals surface area (Å²) in [6, 6.07) is 5.02. The number of carbonyl (C=O) groups is 3. The van der Waals surface area contributed by atoms with Crippen LogP contribution in [0.15, 0.2) is 18.2 Å². The van der Waals surface area contributed by atoms with Gasteiger partial charge in [-0.3, -0.25) is 9.59 Å². The lowest BCUT2D eigenvalue weighted by atomic mass is 9.99. The largest absolute Gasteiger partial charge is 0.481 e. The Morgan fingerprint density at radius 1 is 1.27 bits per heavy atom. The Morgan fingerprint density at radius 2 is 2.09 bits per heavy atom. The molecule has 2 N–H and O–H groups in total. The van der Waals surface area contributed by atoms with Crippen molar-refractivity contribution in [3.63, 3.8) is 0 Å². The molecule has 0 radical (unpaired) electrons. The summed E-state index contributed by atoms with van der Waals surface area (Å²) in [5.41, 5.74) is 2.35. The molecule has 1 aromatic rings. The highest BCUT2D eigenvalue weighted by Crippen LogP contribution is 2.25. The van der Waals surface area contributed by atoms with Crippen molar-refractivity contribution in [2.45, 2.75) is 25.7 Å². The van der Waals surface area contributed by atoms with E-state index in [1.54, 1.807) is 17.0 Å². The number of likely N-dealkylation sites (tertiary alicyclic amines) is 1. The van der Waals surface area contributed by atoms with Crippen LogP contribution in [0.25, 0.3) is 0 Å². The van der Waals surface area contributed by atoms with Crippen LogP contribution in [0.5, 0.6) is 0 Å². The quantitative estimate of drug-likeness (QED) is 0.876. The summed E-state index contributed by atoms with van der Waals surface area (Å²) in [5.74, 6) is -1.20. The van der Waals surface area contributed by atoms with Crippen LogP contribution < -0.4 is 5.32 Å². The van der Waals surface area contributed by atoms with Gasteiger partial charge < -0.3 is 15.3 Å². The Kier molecular flexibility index (Phi) is 3.83. The van der Waals surface area contributed by atoms with Gasteiger partial charge in [0.15, 0.2) is 5.78 Å². The Labute approximate surface area is 128 Å². The number of hydrogen-bond acceptors (Lipinski definition) is 3. The van der Waals surface area contributed by atoms with Crippen LogP contribution in [0.3, 0.4) is 0 Å². The lowest BCUT2D eigenvalue weighted by molar-refractivity contribution is -0.143. The zero-order chi connectivity index (χ0) is 15.7. The molecule has 1 saturated heterocycles. The smallest absolute Gasteiger partial charge is 0.321 e. The third kappa shape index (κ3) is 2.81. The van der Waals surface area contributed by atoms with E-state index < -0.39 is 11.9 Å². The molecule has 1 atom stereocenters. The molecule has 2 amide bonds. The van der Waals surface area contributed by atoms with Gasteiger partial charge in [0.2, 0.25) is 0 Å². The topological polar surface area (TPSA) is 86.7 Å². The number of aliphatic carboxylic acids is 1. The molecule has 1 aliphatic carbocycles. The molecule has 0 saturated carbocycles. The van der Waals surface area contributed by atoms with Crippen LogP contribution in [0.4, 0.5) is 10.5 Å². The van der Waals surface area contributed by atoms with E-state index in [-0.39, 0.29) is 18.4 Å². The molecule has 3 rings (SSSR count). The zero-order valence-corrected chi connectivity index (χ0v) is 12.2. The molecule has 1 aliphatic heterocycles. The summed E-state index contributed by atoms with van der Waals surface area (Å²) in [6.07, 6.45) is 2.55. The number of Topliss-reactive ketones (excluding diaryl/α,β-unsaturated/α-hetero) is 1. The minimum Gasteiger partial charge on any atom is -0.481 e. The Hall–Kier alpha value is -2.37. The number of nitrogens with one attached hydrogen (secondary N) is 1. The zero-order valence-electron chi connectivity index (χ0n) is 12.2. The number of carboxylic acid groups (broad SMARTS) is 1. The van der Waals surface area contributed by atoms with Gasteiger partial charge in [0.05, 0.1) is 5.92 Å². The molecule has 1 heterocycles. The molecule has 0 bridgehead atoms. The fourth-order valence-corrected chi connectivity index (χ4v) is 3.10. The number of amides is 2. The second kappa shape index (κ2) is 5.79. The van der Waals surface area contributed by atoms with E-state index in [1.807, 2.05) is 6.07 Å². The van der Waals surface area contributed by atoms with Crippen LogP contribution in [0.2, 0.25) is 0 Å². The van der Waals surface area contributed by atoms with Crippen molar-refractivity contribution in [2.75, 3.05) is 18.4 Å². The fraction of sp³-hybridized carbons (Fsp3) is 0.438. The highest BCUT2D eigenvalue weighted by molar-refractivity contribution is 6.01. The van der Waals surface area contributed by atoms with E-state index in [0.29, 0.717) is 37.9 Å². The predicted octanol–water partition coefficient (Wildman–Crippen LogP) is 2.14. The number of aryl methyl sites for hydroxylation is 1. The van der Waals surface area contributed by atoms with Gasteiger partial charge in [0, 0.05) is 30.8 Å². The van der Waals surface area contributed by atoms with Crippen LogP contribution >= 0.6 is 0 Å². The van der Waals surface area contributed by atoms with Gasteiger partial charge in [0.25, 0.3) is 0 Å². The van der Waals surface area contributed by atoms with Crippen molar-refractivity contribution >= 4 is 23.5 Å². The number of nitrogens with zero attached hydrogens (tertiary/aromatic N) is 1. The molecule has 1 unspecified atom stereocenters. The molecular weight excluding hydrogens is 284 g/mol. The summed E-state index contributed by atoms with van der Waals surface area (Å²) in [5, 5.41) is 11.9. The summed E-state index contributed by atoms with van der Waals surface area (Å²) in [4.78, 5) is 36.4. The summed E-state index contributed by atoms with van der Waals surface area (Å²) < 4.78 is 0. The third-order valence-electron chi connectivity index (χ3n) is 4.34. The minimum atomic E-state index is -0.853. The molecule has 116 valence electrons. The fourth-order valence-electron chi connectivity index (χ4n) is 3.10. The molecule has 0 aromatic heterocycles. The maximum atomic E-state index is 12.3. The number of urea groups is 1. The average molecular weight is 302 g/mol. The molecule has 1 aromatic carbocycles. The SMILES string of the molecule is O=C1CCc2cc(NC(=O)N3CCCC(C(=O)O)C3)ccc21. The first-order valence-corrected chi connectivity index (χ1v) is 7.49. The number of hydrogen-bond donors (Lipinski definition) is 2. The second-order valence-corrected chi connectivity index (χ2v) is 5.85. The number of carboxylic acids is 1. The van der Waals surface area contributed by atoms with E-state index in [2.05, 4.69) is 5.32 Å². The molecule has 2 aliphatic rings. The number of anilines is 1. The summed E-state index contributed by atoms with van der Waals surface area (Å²) in [6.45, 7) is 0.809. The average Bonchev–Trinajstić information content (AvgIpc) is 2.88. The van der Waals surface area contributed by atoms with Gasteiger partial charge >= 0.3 is 12.0 Å². The number of rotatable bonds is 2. The van der Waals surface area contributed by atoms with E-state index in [0.717, 1.165) is 11.1 Å².